The van der Waals surface area contributed by atoms with Gasteiger partial charge < -0.3 is 24.6 Å². The molecule has 2 N–H and O–H groups in total. The van der Waals surface area contributed by atoms with E-state index in [0.717, 1.165) is 38.5 Å². The summed E-state index contributed by atoms with van der Waals surface area (Å²) in [7, 11) is 0. The zero-order valence-electron chi connectivity index (χ0n) is 22.0. The summed E-state index contributed by atoms with van der Waals surface area (Å²) in [6.07, 6.45) is 17.1. The summed E-state index contributed by atoms with van der Waals surface area (Å²) in [4.78, 5) is 34.5. The fourth-order valence-corrected chi connectivity index (χ4v) is 4.64. The van der Waals surface area contributed by atoms with E-state index < -0.39 is 35.7 Å². The van der Waals surface area contributed by atoms with Crippen molar-refractivity contribution < 1.29 is 34.2 Å². The van der Waals surface area contributed by atoms with Crippen LogP contribution in [0.3, 0.4) is 0 Å². The van der Waals surface area contributed by atoms with E-state index in [4.69, 9.17) is 0 Å². The minimum absolute atomic E-state index is 0.175. The van der Waals surface area contributed by atoms with Crippen molar-refractivity contribution in [3.8, 4) is 0 Å². The van der Waals surface area contributed by atoms with Gasteiger partial charge >= 0.3 is 11.9 Å². The van der Waals surface area contributed by atoms with Crippen LogP contribution in [0, 0.1) is 17.8 Å². The van der Waals surface area contributed by atoms with Crippen molar-refractivity contribution in [1.29, 1.82) is 0 Å². The van der Waals surface area contributed by atoms with Crippen LogP contribution < -0.4 is 5.11 Å². The van der Waals surface area contributed by atoms with E-state index in [0.29, 0.717) is 6.54 Å². The van der Waals surface area contributed by atoms with E-state index in [1.165, 1.54) is 32.1 Å². The molecule has 0 spiro atoms. The SMILES string of the molecule is CCCCCCC/C=C/CCCCCC[N+](CC(C)C(=O)[O-])(CC(C)C(=O)O)CC(C)C(=O)O. The van der Waals surface area contributed by atoms with Gasteiger partial charge in [-0.25, -0.2) is 0 Å². The number of carbonyl (C=O) groups excluding carboxylic acids is 1. The molecule has 7 nitrogen and oxygen atoms in total. The van der Waals surface area contributed by atoms with Gasteiger partial charge in [-0.2, -0.15) is 0 Å². The molecular weight excluding hydrogens is 434 g/mol. The molecule has 34 heavy (non-hydrogen) atoms. The molecule has 7 heteroatoms. The number of carbonyl (C=O) groups is 3. The van der Waals surface area contributed by atoms with Crippen LogP contribution in [0.1, 0.15) is 98.3 Å². The van der Waals surface area contributed by atoms with Crippen LogP contribution in [0.4, 0.5) is 0 Å². The zero-order valence-corrected chi connectivity index (χ0v) is 22.0. The molecule has 0 aromatic rings. The molecular formula is C27H49NO6. The molecule has 0 aliphatic heterocycles. The number of carboxylic acids is 3. The summed E-state index contributed by atoms with van der Waals surface area (Å²) in [5, 5.41) is 30.4. The van der Waals surface area contributed by atoms with Crippen molar-refractivity contribution in [2.45, 2.75) is 98.3 Å². The third kappa shape index (κ3) is 15.1. The number of aliphatic carboxylic acids is 3. The molecule has 0 aliphatic rings. The molecule has 0 aromatic carbocycles. The van der Waals surface area contributed by atoms with E-state index in [9.17, 15) is 29.7 Å². The summed E-state index contributed by atoms with van der Waals surface area (Å²) in [5.74, 6) is -5.27. The Bertz CT molecular complexity index is 563. The van der Waals surface area contributed by atoms with Crippen molar-refractivity contribution in [2.75, 3.05) is 26.2 Å². The van der Waals surface area contributed by atoms with Gasteiger partial charge in [0, 0.05) is 11.9 Å². The first kappa shape index (κ1) is 32.1. The van der Waals surface area contributed by atoms with Gasteiger partial charge in [-0.05, 0) is 52.4 Å². The first-order valence-corrected chi connectivity index (χ1v) is 13.2. The molecule has 0 heterocycles. The van der Waals surface area contributed by atoms with Gasteiger partial charge in [-0.15, -0.1) is 0 Å². The highest BCUT2D eigenvalue weighted by atomic mass is 16.4. The van der Waals surface area contributed by atoms with E-state index in [2.05, 4.69) is 19.1 Å². The lowest BCUT2D eigenvalue weighted by Crippen LogP contribution is -2.58. The maximum absolute atomic E-state index is 11.5. The lowest BCUT2D eigenvalue weighted by Gasteiger charge is -2.43. The predicted molar refractivity (Wildman–Crippen MR) is 133 cm³/mol. The third-order valence-electron chi connectivity index (χ3n) is 6.62. The van der Waals surface area contributed by atoms with E-state index in [1.54, 1.807) is 20.8 Å². The number of hydrogen-bond donors (Lipinski definition) is 2. The average Bonchev–Trinajstić information content (AvgIpc) is 2.76. The monoisotopic (exact) mass is 483 g/mol. The molecule has 0 amide bonds. The van der Waals surface area contributed by atoms with Crippen molar-refractivity contribution >= 4 is 17.9 Å². The highest BCUT2D eigenvalue weighted by Crippen LogP contribution is 2.22. The maximum atomic E-state index is 11.5. The Hall–Kier alpha value is -1.89. The van der Waals surface area contributed by atoms with E-state index in [1.807, 2.05) is 0 Å². The first-order valence-electron chi connectivity index (χ1n) is 13.2. The minimum Gasteiger partial charge on any atom is -0.550 e. The molecule has 0 aromatic heterocycles. The molecule has 198 valence electrons. The molecule has 3 unspecified atom stereocenters. The Morgan fingerprint density at radius 2 is 1.12 bits per heavy atom. The van der Waals surface area contributed by atoms with Gasteiger partial charge in [0.15, 0.2) is 0 Å². The van der Waals surface area contributed by atoms with Crippen LogP contribution in [0.15, 0.2) is 12.2 Å². The Morgan fingerprint density at radius 3 is 1.53 bits per heavy atom. The van der Waals surface area contributed by atoms with Crippen LogP contribution in [0.25, 0.3) is 0 Å². The smallest absolute Gasteiger partial charge is 0.311 e. The normalized spacial score (nSPS) is 16.1. The quantitative estimate of drug-likeness (QED) is 0.133. The lowest BCUT2D eigenvalue weighted by molar-refractivity contribution is -0.934. The van der Waals surface area contributed by atoms with Crippen LogP contribution in [0.5, 0.6) is 0 Å². The molecule has 0 saturated carbocycles. The topological polar surface area (TPSA) is 115 Å². The second-order valence-electron chi connectivity index (χ2n) is 10.2. The van der Waals surface area contributed by atoms with Crippen LogP contribution >= 0.6 is 0 Å². The van der Waals surface area contributed by atoms with Crippen LogP contribution in [0.2, 0.25) is 0 Å². The fraction of sp³-hybridized carbons (Fsp3) is 0.815. The van der Waals surface area contributed by atoms with E-state index in [-0.39, 0.29) is 24.1 Å². The predicted octanol–water partition coefficient (Wildman–Crippen LogP) is 4.50. The standard InChI is InChI=1S/C27H49NO6/c1-5-6-7-8-9-10-11-12-13-14-15-16-17-18-28(19-22(2)25(29)30,20-23(3)26(31)32)21-24(4)27(33)34/h11-12,22-24H,5-10,13-21H2,1-4H3,(H2-,29,30,31,32,33,34)/b12-11+. The number of unbranched alkanes of at least 4 members (excludes halogenated alkanes) is 9. The van der Waals surface area contributed by atoms with Crippen molar-refractivity contribution in [1.82, 2.24) is 0 Å². The summed E-state index contributed by atoms with van der Waals surface area (Å²) < 4.78 is 0.175. The number of carboxylic acid groups (broad SMARTS) is 3. The Kier molecular flexibility index (Phi) is 17.4. The van der Waals surface area contributed by atoms with Gasteiger partial charge in [0.2, 0.25) is 0 Å². The largest absolute Gasteiger partial charge is 0.550 e. The van der Waals surface area contributed by atoms with Gasteiger partial charge in [0.05, 0.1) is 26.2 Å². The second kappa shape index (κ2) is 18.4. The zero-order chi connectivity index (χ0) is 26.0. The summed E-state index contributed by atoms with van der Waals surface area (Å²) >= 11 is 0. The molecule has 0 aliphatic carbocycles. The molecule has 3 atom stereocenters. The average molecular weight is 484 g/mol. The Morgan fingerprint density at radius 1 is 0.706 bits per heavy atom. The summed E-state index contributed by atoms with van der Waals surface area (Å²) in [5.41, 5.74) is 0. The Labute approximate surface area is 206 Å². The second-order valence-corrected chi connectivity index (χ2v) is 10.2. The highest BCUT2D eigenvalue weighted by molar-refractivity contribution is 5.70. The third-order valence-corrected chi connectivity index (χ3v) is 6.62. The molecule has 0 saturated heterocycles. The summed E-state index contributed by atoms with van der Waals surface area (Å²) in [6, 6.07) is 0. The van der Waals surface area contributed by atoms with Crippen molar-refractivity contribution in [2.24, 2.45) is 17.8 Å². The van der Waals surface area contributed by atoms with Gasteiger partial charge in [-0.1, -0.05) is 58.1 Å². The molecule has 0 bridgehead atoms. The number of allylic oxidation sites excluding steroid dienone is 2. The van der Waals surface area contributed by atoms with Crippen LogP contribution in [-0.4, -0.2) is 58.8 Å². The Balaban J connectivity index is 4.80. The number of quaternary nitrogens is 1. The fourth-order valence-electron chi connectivity index (χ4n) is 4.64. The summed E-state index contributed by atoms with van der Waals surface area (Å²) in [6.45, 7) is 8.15. The molecule has 0 radical (unpaired) electrons. The number of rotatable bonds is 22. The van der Waals surface area contributed by atoms with Gasteiger partial charge in [0.25, 0.3) is 0 Å². The number of nitrogens with zero attached hydrogens (tertiary/aromatic N) is 1. The van der Waals surface area contributed by atoms with E-state index >= 15 is 0 Å². The van der Waals surface area contributed by atoms with Gasteiger partial charge in [0.1, 0.15) is 11.8 Å². The maximum Gasteiger partial charge on any atom is 0.311 e. The van der Waals surface area contributed by atoms with Crippen molar-refractivity contribution in [3.05, 3.63) is 12.2 Å². The molecule has 0 fully saturated rings. The highest BCUT2D eigenvalue weighted by Gasteiger charge is 2.36. The number of hydrogen-bond acceptors (Lipinski definition) is 4. The molecule has 0 rings (SSSR count). The minimum atomic E-state index is -1.19. The lowest BCUT2D eigenvalue weighted by atomic mass is 10.0. The first-order chi connectivity index (χ1) is 16.0. The van der Waals surface area contributed by atoms with Crippen LogP contribution in [-0.2, 0) is 14.4 Å². The van der Waals surface area contributed by atoms with Crippen molar-refractivity contribution in [3.63, 3.8) is 0 Å². The van der Waals surface area contributed by atoms with Gasteiger partial charge in [-0.3, -0.25) is 9.59 Å².